The fourth-order valence-corrected chi connectivity index (χ4v) is 3.20. The van der Waals surface area contributed by atoms with E-state index in [4.69, 9.17) is 4.74 Å². The lowest BCUT2D eigenvalue weighted by molar-refractivity contribution is -0.386. The molecule has 7 heteroatoms. The summed E-state index contributed by atoms with van der Waals surface area (Å²) in [6.45, 7) is 1.39. The summed E-state index contributed by atoms with van der Waals surface area (Å²) in [6.07, 6.45) is 0. The number of nitro groups is 1. The molecular formula is C13H10BrNO4S. The molecule has 0 atom stereocenters. The average Bonchev–Trinajstić information content (AvgIpc) is 2.81. The molecule has 0 saturated heterocycles. The van der Waals surface area contributed by atoms with Gasteiger partial charge in [-0.05, 0) is 40.4 Å². The Kier molecular flexibility index (Phi) is 4.51. The first-order valence-electron chi connectivity index (χ1n) is 5.63. The van der Waals surface area contributed by atoms with Gasteiger partial charge in [-0.2, -0.15) is 0 Å². The lowest BCUT2D eigenvalue weighted by Gasteiger charge is -2.07. The largest absolute Gasteiger partial charge is 0.478 e. The van der Waals surface area contributed by atoms with Gasteiger partial charge in [0.2, 0.25) is 5.78 Å². The molecule has 0 spiro atoms. The van der Waals surface area contributed by atoms with Crippen LogP contribution in [0.3, 0.4) is 0 Å². The zero-order chi connectivity index (χ0) is 14.7. The van der Waals surface area contributed by atoms with Gasteiger partial charge in [0.15, 0.2) is 12.4 Å². The van der Waals surface area contributed by atoms with Crippen molar-refractivity contribution >= 4 is 38.7 Å². The highest BCUT2D eigenvalue weighted by atomic mass is 79.9. The van der Waals surface area contributed by atoms with E-state index in [-0.39, 0.29) is 23.8 Å². The van der Waals surface area contributed by atoms with Crippen molar-refractivity contribution in [3.63, 3.8) is 0 Å². The van der Waals surface area contributed by atoms with E-state index in [1.807, 2.05) is 0 Å². The smallest absolute Gasteiger partial charge is 0.313 e. The fourth-order valence-electron chi connectivity index (χ4n) is 1.68. The van der Waals surface area contributed by atoms with Crippen molar-refractivity contribution in [3.05, 3.63) is 54.7 Å². The molecule has 1 heterocycles. The zero-order valence-corrected chi connectivity index (χ0v) is 12.9. The van der Waals surface area contributed by atoms with Crippen molar-refractivity contribution in [2.24, 2.45) is 0 Å². The maximum absolute atomic E-state index is 12.0. The van der Waals surface area contributed by atoms with Gasteiger partial charge in [-0.15, -0.1) is 11.3 Å². The third-order valence-corrected chi connectivity index (χ3v) is 4.49. The maximum Gasteiger partial charge on any atom is 0.313 e. The van der Waals surface area contributed by atoms with E-state index in [1.54, 1.807) is 30.5 Å². The Morgan fingerprint density at radius 2 is 2.20 bits per heavy atom. The van der Waals surface area contributed by atoms with E-state index in [0.717, 1.165) is 0 Å². The van der Waals surface area contributed by atoms with Crippen LogP contribution in [0.5, 0.6) is 5.75 Å². The Morgan fingerprint density at radius 3 is 2.80 bits per heavy atom. The van der Waals surface area contributed by atoms with Crippen molar-refractivity contribution in [1.82, 2.24) is 0 Å². The van der Waals surface area contributed by atoms with Crippen LogP contribution in [0.15, 0.2) is 34.1 Å². The summed E-state index contributed by atoms with van der Waals surface area (Å²) in [5.41, 5.74) is 0.391. The fraction of sp³-hybridized carbons (Fsp3) is 0.154. The number of halogens is 1. The molecule has 0 aliphatic carbocycles. The summed E-state index contributed by atoms with van der Waals surface area (Å²) in [5.74, 6) is -0.112. The minimum absolute atomic E-state index is 0.106. The van der Waals surface area contributed by atoms with Crippen LogP contribution < -0.4 is 4.74 Å². The molecule has 0 saturated carbocycles. The van der Waals surface area contributed by atoms with Crippen LogP contribution in [-0.4, -0.2) is 17.3 Å². The molecule has 2 rings (SSSR count). The van der Waals surface area contributed by atoms with Crippen LogP contribution in [-0.2, 0) is 0 Å². The van der Waals surface area contributed by atoms with Crippen molar-refractivity contribution in [2.75, 3.05) is 6.61 Å². The summed E-state index contributed by atoms with van der Waals surface area (Å²) >= 11 is 4.56. The first kappa shape index (κ1) is 14.7. The monoisotopic (exact) mass is 355 g/mol. The second kappa shape index (κ2) is 6.15. The Morgan fingerprint density at radius 1 is 1.45 bits per heavy atom. The summed E-state index contributed by atoms with van der Waals surface area (Å²) in [5, 5.41) is 12.8. The highest BCUT2D eigenvalue weighted by molar-refractivity contribution is 9.10. The number of ketones is 1. The van der Waals surface area contributed by atoms with Crippen LogP contribution in [0.1, 0.15) is 15.2 Å². The highest BCUT2D eigenvalue weighted by Crippen LogP contribution is 2.30. The Hall–Kier alpha value is -1.73. The number of hydrogen-bond acceptors (Lipinski definition) is 5. The van der Waals surface area contributed by atoms with Gasteiger partial charge in [-0.3, -0.25) is 14.9 Å². The molecular weight excluding hydrogens is 346 g/mol. The van der Waals surface area contributed by atoms with Crippen LogP contribution in [0.2, 0.25) is 0 Å². The molecule has 20 heavy (non-hydrogen) atoms. The lowest BCUT2D eigenvalue weighted by Crippen LogP contribution is -2.11. The summed E-state index contributed by atoms with van der Waals surface area (Å²) in [4.78, 5) is 23.0. The number of para-hydroxylation sites is 1. The number of hydrogen-bond donors (Lipinski definition) is 0. The van der Waals surface area contributed by atoms with Gasteiger partial charge < -0.3 is 4.74 Å². The zero-order valence-electron chi connectivity index (χ0n) is 10.5. The number of nitro benzene ring substituents is 1. The molecule has 0 amide bonds. The van der Waals surface area contributed by atoms with E-state index in [1.165, 1.54) is 17.4 Å². The predicted molar refractivity (Wildman–Crippen MR) is 79.7 cm³/mol. The Balaban J connectivity index is 2.16. The quantitative estimate of drug-likeness (QED) is 0.461. The van der Waals surface area contributed by atoms with E-state index in [9.17, 15) is 14.9 Å². The molecule has 1 aromatic carbocycles. The third kappa shape index (κ3) is 3.05. The second-order valence-corrected chi connectivity index (χ2v) is 5.76. The molecule has 0 fully saturated rings. The summed E-state index contributed by atoms with van der Waals surface area (Å²) < 4.78 is 6.02. The van der Waals surface area contributed by atoms with Crippen LogP contribution in [0.25, 0.3) is 0 Å². The molecule has 0 bridgehead atoms. The molecule has 1 aromatic heterocycles. The molecule has 0 N–H and O–H groups in total. The van der Waals surface area contributed by atoms with Crippen molar-refractivity contribution in [1.29, 1.82) is 0 Å². The number of carbonyl (C=O) groups excluding carboxylic acids is 1. The van der Waals surface area contributed by atoms with Gasteiger partial charge in [-0.1, -0.05) is 12.1 Å². The number of benzene rings is 1. The second-order valence-electron chi connectivity index (χ2n) is 3.99. The summed E-state index contributed by atoms with van der Waals surface area (Å²) in [7, 11) is 0. The van der Waals surface area contributed by atoms with Crippen LogP contribution in [0.4, 0.5) is 5.69 Å². The van der Waals surface area contributed by atoms with Crippen LogP contribution >= 0.6 is 27.3 Å². The molecule has 0 aliphatic rings. The van der Waals surface area contributed by atoms with E-state index < -0.39 is 4.92 Å². The van der Waals surface area contributed by atoms with Gasteiger partial charge >= 0.3 is 5.69 Å². The summed E-state index contributed by atoms with van der Waals surface area (Å²) in [6, 6.07) is 6.54. The number of Topliss-reactive ketones (excluding diaryl/α,β-unsaturated/α-hetero) is 1. The SMILES string of the molecule is Cc1cccc(OCC(=O)c2sccc2Br)c1[N+](=O)[O-]. The van der Waals surface area contributed by atoms with Crippen molar-refractivity contribution in [3.8, 4) is 5.75 Å². The lowest BCUT2D eigenvalue weighted by atomic mass is 10.2. The van der Waals surface area contributed by atoms with Gasteiger partial charge in [0, 0.05) is 10.0 Å². The normalized spacial score (nSPS) is 10.3. The van der Waals surface area contributed by atoms with E-state index >= 15 is 0 Å². The maximum atomic E-state index is 12.0. The van der Waals surface area contributed by atoms with E-state index in [0.29, 0.717) is 14.9 Å². The number of ether oxygens (including phenoxy) is 1. The molecule has 0 unspecified atom stereocenters. The Bertz CT molecular complexity index is 668. The van der Waals surface area contributed by atoms with E-state index in [2.05, 4.69) is 15.9 Å². The molecule has 5 nitrogen and oxygen atoms in total. The van der Waals surface area contributed by atoms with Crippen molar-refractivity contribution in [2.45, 2.75) is 6.92 Å². The standard InChI is InChI=1S/C13H10BrNO4S/c1-8-3-2-4-11(12(8)15(17)18)19-7-10(16)13-9(14)5-6-20-13/h2-6H,7H2,1H3. The first-order valence-corrected chi connectivity index (χ1v) is 7.31. The third-order valence-electron chi connectivity index (χ3n) is 2.61. The number of nitrogens with zero attached hydrogens (tertiary/aromatic N) is 1. The van der Waals surface area contributed by atoms with Crippen molar-refractivity contribution < 1.29 is 14.5 Å². The highest BCUT2D eigenvalue weighted by Gasteiger charge is 2.20. The molecule has 2 aromatic rings. The average molecular weight is 356 g/mol. The number of carbonyl (C=O) groups is 1. The predicted octanol–water partition coefficient (Wildman–Crippen LogP) is 3.99. The topological polar surface area (TPSA) is 69.4 Å². The number of aryl methyl sites for hydroxylation is 1. The number of rotatable bonds is 5. The van der Waals surface area contributed by atoms with Gasteiger partial charge in [0.1, 0.15) is 0 Å². The van der Waals surface area contributed by atoms with Gasteiger partial charge in [0.25, 0.3) is 0 Å². The van der Waals surface area contributed by atoms with Gasteiger partial charge in [0.05, 0.1) is 9.80 Å². The first-order chi connectivity index (χ1) is 9.50. The Labute approximate surface area is 127 Å². The minimum Gasteiger partial charge on any atom is -0.478 e. The van der Waals surface area contributed by atoms with Gasteiger partial charge in [-0.25, -0.2) is 0 Å². The van der Waals surface area contributed by atoms with Crippen LogP contribution in [0, 0.1) is 17.0 Å². The molecule has 0 aliphatic heterocycles. The minimum atomic E-state index is -0.504. The molecule has 104 valence electrons. The molecule has 0 radical (unpaired) electrons. The number of thiophene rings is 1.